The van der Waals surface area contributed by atoms with Gasteiger partial charge < -0.3 is 8.85 Å². The first-order chi connectivity index (χ1) is 6.83. The predicted octanol–water partition coefficient (Wildman–Crippen LogP) is 3.17. The van der Waals surface area contributed by atoms with Crippen molar-refractivity contribution in [3.05, 3.63) is 0 Å². The lowest BCUT2D eigenvalue weighted by Gasteiger charge is -2.31. The Morgan fingerprint density at radius 1 is 1.06 bits per heavy atom. The fourth-order valence-corrected chi connectivity index (χ4v) is 8.66. The maximum absolute atomic E-state index is 11.6. The highest BCUT2D eigenvalue weighted by molar-refractivity contribution is 6.84. The smallest absolute Gasteiger partial charge is 0.311 e. The lowest BCUT2D eigenvalue weighted by Crippen LogP contribution is -2.47. The van der Waals surface area contributed by atoms with Gasteiger partial charge in [0.15, 0.2) is 8.32 Å². The minimum Gasteiger partial charge on any atom is -0.466 e. The molecule has 0 aromatic carbocycles. The van der Waals surface area contributed by atoms with Crippen molar-refractivity contribution in [2.24, 2.45) is 5.41 Å². The molecule has 0 unspecified atom stereocenters. The molecule has 3 nitrogen and oxygen atoms in total. The third kappa shape index (κ3) is 7.19. The Balaban J connectivity index is 4.25. The molecular weight excluding hydrogens is 236 g/mol. The second-order valence-electron chi connectivity index (χ2n) is 6.80. The van der Waals surface area contributed by atoms with E-state index in [9.17, 15) is 4.79 Å². The molecule has 0 heterocycles. The number of carbonyl (C=O) groups excluding carboxylic acids is 1. The minimum atomic E-state index is -1.86. The van der Waals surface area contributed by atoms with Crippen molar-refractivity contribution in [1.82, 2.24) is 0 Å². The molecule has 0 aromatic rings. The summed E-state index contributed by atoms with van der Waals surface area (Å²) >= 11 is 0. The van der Waals surface area contributed by atoms with E-state index in [1.807, 2.05) is 20.8 Å². The van der Waals surface area contributed by atoms with Crippen LogP contribution in [0.3, 0.4) is 0 Å². The van der Waals surface area contributed by atoms with Gasteiger partial charge in [0, 0.05) is 0 Å². The summed E-state index contributed by atoms with van der Waals surface area (Å²) < 4.78 is 11.4. The van der Waals surface area contributed by atoms with Crippen LogP contribution in [0.15, 0.2) is 0 Å². The highest BCUT2D eigenvalue weighted by Crippen LogP contribution is 2.18. The molecule has 0 spiro atoms. The highest BCUT2D eigenvalue weighted by atomic mass is 28.4. The Morgan fingerprint density at radius 2 is 1.50 bits per heavy atom. The summed E-state index contributed by atoms with van der Waals surface area (Å²) in [5.74, 6) is -0.146. The van der Waals surface area contributed by atoms with Gasteiger partial charge >= 0.3 is 5.97 Å². The second kappa shape index (κ2) is 5.02. The van der Waals surface area contributed by atoms with Gasteiger partial charge in [0.25, 0.3) is 0 Å². The van der Waals surface area contributed by atoms with Crippen LogP contribution in [0, 0.1) is 5.41 Å². The summed E-state index contributed by atoms with van der Waals surface area (Å²) in [5, 5.41) is 0. The quantitative estimate of drug-likeness (QED) is 0.576. The average Bonchev–Trinajstić information content (AvgIpc) is 1.93. The maximum atomic E-state index is 11.6. The van der Waals surface area contributed by atoms with Gasteiger partial charge in [-0.05, 0) is 53.5 Å². The number of hydrogen-bond acceptors (Lipinski definition) is 3. The monoisotopic (exact) mass is 262 g/mol. The fraction of sp³-hybridized carbons (Fsp3) is 0.909. The number of esters is 1. The summed E-state index contributed by atoms with van der Waals surface area (Å²) in [4.78, 5) is 11.6. The standard InChI is InChI=1S/C11H26O3Si2/c1-11(2,3)10(12)13-9-16(7,8)14-15(4,5)6/h9H2,1-8H3. The van der Waals surface area contributed by atoms with Gasteiger partial charge in [-0.15, -0.1) is 0 Å². The number of rotatable bonds is 4. The molecule has 16 heavy (non-hydrogen) atoms. The van der Waals surface area contributed by atoms with Crippen molar-refractivity contribution >= 4 is 22.6 Å². The predicted molar refractivity (Wildman–Crippen MR) is 72.3 cm³/mol. The van der Waals surface area contributed by atoms with Crippen LogP contribution in [0.25, 0.3) is 0 Å². The molecule has 0 atom stereocenters. The molecular formula is C11H26O3Si2. The molecule has 0 fully saturated rings. The van der Waals surface area contributed by atoms with Gasteiger partial charge in [-0.2, -0.15) is 0 Å². The normalized spacial score (nSPS) is 13.8. The largest absolute Gasteiger partial charge is 0.466 e. The van der Waals surface area contributed by atoms with E-state index in [0.717, 1.165) is 0 Å². The van der Waals surface area contributed by atoms with E-state index in [1.165, 1.54) is 0 Å². The molecule has 0 aliphatic heterocycles. The van der Waals surface area contributed by atoms with Crippen molar-refractivity contribution in [3.63, 3.8) is 0 Å². The maximum Gasteiger partial charge on any atom is 0.311 e. The third-order valence-corrected chi connectivity index (χ3v) is 7.25. The van der Waals surface area contributed by atoms with Crippen LogP contribution in [0.5, 0.6) is 0 Å². The number of hydrogen-bond donors (Lipinski definition) is 0. The number of carbonyl (C=O) groups is 1. The first kappa shape index (κ1) is 15.9. The molecule has 0 aliphatic carbocycles. The summed E-state index contributed by atoms with van der Waals surface area (Å²) in [6.45, 7) is 16.3. The van der Waals surface area contributed by atoms with Crippen molar-refractivity contribution in [2.75, 3.05) is 6.23 Å². The molecule has 0 saturated heterocycles. The molecule has 0 rings (SSSR count). The van der Waals surface area contributed by atoms with Crippen LogP contribution in [0.2, 0.25) is 32.7 Å². The van der Waals surface area contributed by atoms with Gasteiger partial charge in [0.05, 0.1) is 5.41 Å². The van der Waals surface area contributed by atoms with Crippen molar-refractivity contribution in [2.45, 2.75) is 53.5 Å². The lowest BCUT2D eigenvalue weighted by molar-refractivity contribution is -0.151. The molecule has 0 radical (unpaired) electrons. The minimum absolute atomic E-state index is 0.146. The molecule has 0 aromatic heterocycles. The van der Waals surface area contributed by atoms with E-state index < -0.39 is 22.0 Å². The average molecular weight is 262 g/mol. The van der Waals surface area contributed by atoms with Gasteiger partial charge in [0.2, 0.25) is 8.32 Å². The van der Waals surface area contributed by atoms with E-state index in [2.05, 4.69) is 32.7 Å². The van der Waals surface area contributed by atoms with Crippen molar-refractivity contribution < 1.29 is 13.6 Å². The highest BCUT2D eigenvalue weighted by Gasteiger charge is 2.33. The molecule has 0 aliphatic rings. The Morgan fingerprint density at radius 3 is 1.81 bits per heavy atom. The van der Waals surface area contributed by atoms with E-state index in [-0.39, 0.29) is 5.97 Å². The first-order valence-electron chi connectivity index (χ1n) is 5.71. The zero-order chi connectivity index (χ0) is 13.2. The molecule has 0 saturated carbocycles. The lowest BCUT2D eigenvalue weighted by atomic mass is 9.98. The van der Waals surface area contributed by atoms with E-state index in [1.54, 1.807) is 0 Å². The number of ether oxygens (including phenoxy) is 1. The zero-order valence-corrected chi connectivity index (χ0v) is 13.9. The summed E-state index contributed by atoms with van der Waals surface area (Å²) in [7, 11) is -3.40. The molecule has 5 heteroatoms. The Hall–Kier alpha value is -0.136. The summed E-state index contributed by atoms with van der Waals surface area (Å²) in [5.41, 5.74) is -0.427. The van der Waals surface area contributed by atoms with E-state index in [4.69, 9.17) is 8.85 Å². The van der Waals surface area contributed by atoms with E-state index >= 15 is 0 Å². The van der Waals surface area contributed by atoms with Crippen LogP contribution in [-0.4, -0.2) is 28.8 Å². The van der Waals surface area contributed by atoms with Crippen LogP contribution in [-0.2, 0) is 13.6 Å². The summed E-state index contributed by atoms with van der Waals surface area (Å²) in [6, 6.07) is 0. The van der Waals surface area contributed by atoms with Crippen LogP contribution >= 0.6 is 0 Å². The first-order valence-corrected chi connectivity index (χ1v) is 12.2. The zero-order valence-electron chi connectivity index (χ0n) is 11.9. The molecule has 0 amide bonds. The van der Waals surface area contributed by atoms with Crippen molar-refractivity contribution in [3.8, 4) is 0 Å². The van der Waals surface area contributed by atoms with Gasteiger partial charge in [-0.1, -0.05) is 0 Å². The fourth-order valence-electron chi connectivity index (χ4n) is 1.31. The molecule has 96 valence electrons. The van der Waals surface area contributed by atoms with Crippen LogP contribution < -0.4 is 0 Å². The van der Waals surface area contributed by atoms with Crippen LogP contribution in [0.1, 0.15) is 20.8 Å². The Labute approximate surface area is 102 Å². The van der Waals surface area contributed by atoms with E-state index in [0.29, 0.717) is 6.23 Å². The molecule has 0 N–H and O–H groups in total. The van der Waals surface area contributed by atoms with Crippen LogP contribution in [0.4, 0.5) is 0 Å². The van der Waals surface area contributed by atoms with Crippen molar-refractivity contribution in [1.29, 1.82) is 0 Å². The molecule has 0 bridgehead atoms. The Kier molecular flexibility index (Phi) is 4.97. The topological polar surface area (TPSA) is 35.5 Å². The second-order valence-corrected chi connectivity index (χ2v) is 15.6. The van der Waals surface area contributed by atoms with Gasteiger partial charge in [0.1, 0.15) is 6.23 Å². The van der Waals surface area contributed by atoms with Gasteiger partial charge in [-0.3, -0.25) is 4.79 Å². The van der Waals surface area contributed by atoms with Gasteiger partial charge in [-0.25, -0.2) is 0 Å². The third-order valence-electron chi connectivity index (χ3n) is 1.75. The Bertz CT molecular complexity index is 249. The SMILES string of the molecule is CC(C)(C)C(=O)OC[Si](C)(C)O[Si](C)(C)C. The summed E-state index contributed by atoms with van der Waals surface area (Å²) in [6.07, 6.45) is 0.452.